The Bertz CT molecular complexity index is 1180. The maximum absolute atomic E-state index is 12.9. The standard InChI is InChI=1S/C21H18N4O2S/c1-25-12-14(11-22-25)21-24-17-7-6-13(10-19(17)28-21)20(26)23-16-8-9-27-18-5-3-2-4-15(16)18/h2-7,10-12,16H,8-9H2,1H3,(H,23,26)/t16-/m0/s1. The molecule has 0 saturated heterocycles. The fourth-order valence-electron chi connectivity index (χ4n) is 3.45. The monoisotopic (exact) mass is 390 g/mol. The average Bonchev–Trinajstić information content (AvgIpc) is 3.33. The first-order valence-electron chi connectivity index (χ1n) is 9.09. The lowest BCUT2D eigenvalue weighted by atomic mass is 10.00. The number of thiazole rings is 1. The molecule has 0 saturated carbocycles. The van der Waals surface area contributed by atoms with Gasteiger partial charge in [-0.15, -0.1) is 11.3 Å². The number of aromatic nitrogens is 3. The van der Waals surface area contributed by atoms with Crippen LogP contribution < -0.4 is 10.1 Å². The number of amides is 1. The fraction of sp³-hybridized carbons (Fsp3) is 0.190. The number of nitrogens with one attached hydrogen (secondary N) is 1. The van der Waals surface area contributed by atoms with Crippen LogP contribution >= 0.6 is 11.3 Å². The van der Waals surface area contributed by atoms with E-state index in [9.17, 15) is 4.79 Å². The third kappa shape index (κ3) is 3.03. The number of para-hydroxylation sites is 1. The van der Waals surface area contributed by atoms with Crippen LogP contribution in [0.1, 0.15) is 28.4 Å². The van der Waals surface area contributed by atoms with Gasteiger partial charge in [0.2, 0.25) is 0 Å². The van der Waals surface area contributed by atoms with Gasteiger partial charge >= 0.3 is 0 Å². The van der Waals surface area contributed by atoms with Crippen molar-refractivity contribution in [3.63, 3.8) is 0 Å². The molecule has 2 aromatic carbocycles. The predicted molar refractivity (Wildman–Crippen MR) is 109 cm³/mol. The van der Waals surface area contributed by atoms with Gasteiger partial charge in [-0.2, -0.15) is 5.10 Å². The normalized spacial score (nSPS) is 15.8. The van der Waals surface area contributed by atoms with Gasteiger partial charge in [-0.3, -0.25) is 9.48 Å². The molecule has 0 bridgehead atoms. The molecular formula is C21H18N4O2S. The highest BCUT2D eigenvalue weighted by atomic mass is 32.1. The molecular weight excluding hydrogens is 372 g/mol. The average molecular weight is 390 g/mol. The smallest absolute Gasteiger partial charge is 0.251 e. The van der Waals surface area contributed by atoms with E-state index in [1.54, 1.807) is 22.2 Å². The molecule has 6 nitrogen and oxygen atoms in total. The maximum Gasteiger partial charge on any atom is 0.251 e. The lowest BCUT2D eigenvalue weighted by Gasteiger charge is -2.26. The van der Waals surface area contributed by atoms with Crippen LogP contribution in [0, 0.1) is 0 Å². The van der Waals surface area contributed by atoms with Crippen molar-refractivity contribution in [3.05, 3.63) is 66.0 Å². The first-order valence-corrected chi connectivity index (χ1v) is 9.91. The summed E-state index contributed by atoms with van der Waals surface area (Å²) in [7, 11) is 1.88. The number of rotatable bonds is 3. The Kier molecular flexibility index (Phi) is 4.09. The van der Waals surface area contributed by atoms with Crippen molar-refractivity contribution in [1.82, 2.24) is 20.1 Å². The molecule has 0 spiro atoms. The Balaban J connectivity index is 1.41. The van der Waals surface area contributed by atoms with Crippen molar-refractivity contribution < 1.29 is 9.53 Å². The second-order valence-corrected chi connectivity index (χ2v) is 7.84. The second-order valence-electron chi connectivity index (χ2n) is 6.81. The van der Waals surface area contributed by atoms with E-state index in [0.717, 1.165) is 38.5 Å². The number of aryl methyl sites for hydroxylation is 1. The van der Waals surface area contributed by atoms with E-state index < -0.39 is 0 Å². The first kappa shape index (κ1) is 16.9. The number of fused-ring (bicyclic) bond motifs is 2. The van der Waals surface area contributed by atoms with Crippen molar-refractivity contribution in [2.45, 2.75) is 12.5 Å². The molecule has 0 unspecified atom stereocenters. The molecule has 3 heterocycles. The number of carbonyl (C=O) groups is 1. The highest BCUT2D eigenvalue weighted by Crippen LogP contribution is 2.33. The Morgan fingerprint density at radius 2 is 2.18 bits per heavy atom. The van der Waals surface area contributed by atoms with Crippen LogP contribution in [0.4, 0.5) is 0 Å². The van der Waals surface area contributed by atoms with E-state index >= 15 is 0 Å². The molecule has 4 aromatic rings. The molecule has 5 rings (SSSR count). The van der Waals surface area contributed by atoms with Gasteiger partial charge in [-0.05, 0) is 24.3 Å². The number of carbonyl (C=O) groups excluding carboxylic acids is 1. The van der Waals surface area contributed by atoms with Gasteiger partial charge < -0.3 is 10.1 Å². The minimum absolute atomic E-state index is 0.0411. The molecule has 7 heteroatoms. The van der Waals surface area contributed by atoms with E-state index in [1.807, 2.05) is 55.7 Å². The summed E-state index contributed by atoms with van der Waals surface area (Å²) in [4.78, 5) is 17.5. The molecule has 0 fully saturated rings. The molecule has 0 aliphatic carbocycles. The summed E-state index contributed by atoms with van der Waals surface area (Å²) in [6.07, 6.45) is 4.50. The zero-order valence-electron chi connectivity index (χ0n) is 15.3. The largest absolute Gasteiger partial charge is 0.493 e. The van der Waals surface area contributed by atoms with Gasteiger partial charge in [0.1, 0.15) is 10.8 Å². The second kappa shape index (κ2) is 6.76. The predicted octanol–water partition coefficient (Wildman–Crippen LogP) is 3.95. The number of nitrogens with zero attached hydrogens (tertiary/aromatic N) is 3. The van der Waals surface area contributed by atoms with Crippen LogP contribution in [-0.4, -0.2) is 27.3 Å². The van der Waals surface area contributed by atoms with Gasteiger partial charge in [0, 0.05) is 36.4 Å². The van der Waals surface area contributed by atoms with Crippen LogP contribution in [0.2, 0.25) is 0 Å². The summed E-state index contributed by atoms with van der Waals surface area (Å²) in [5.74, 6) is 0.762. The van der Waals surface area contributed by atoms with Gasteiger partial charge in [0.05, 0.1) is 29.1 Å². The topological polar surface area (TPSA) is 69.0 Å². The molecule has 28 heavy (non-hydrogen) atoms. The minimum Gasteiger partial charge on any atom is -0.493 e. The minimum atomic E-state index is -0.0834. The van der Waals surface area contributed by atoms with Crippen LogP contribution in [-0.2, 0) is 7.05 Å². The quantitative estimate of drug-likeness (QED) is 0.575. The third-order valence-electron chi connectivity index (χ3n) is 4.87. The highest BCUT2D eigenvalue weighted by molar-refractivity contribution is 7.21. The van der Waals surface area contributed by atoms with E-state index in [4.69, 9.17) is 4.74 Å². The van der Waals surface area contributed by atoms with Crippen LogP contribution in [0.25, 0.3) is 20.8 Å². The molecule has 1 aliphatic heterocycles. The van der Waals surface area contributed by atoms with Crippen LogP contribution in [0.15, 0.2) is 54.9 Å². The summed E-state index contributed by atoms with van der Waals surface area (Å²) in [6, 6.07) is 13.5. The summed E-state index contributed by atoms with van der Waals surface area (Å²) < 4.78 is 8.42. The number of benzene rings is 2. The maximum atomic E-state index is 12.9. The van der Waals surface area contributed by atoms with Crippen LogP contribution in [0.5, 0.6) is 5.75 Å². The van der Waals surface area contributed by atoms with E-state index in [-0.39, 0.29) is 11.9 Å². The van der Waals surface area contributed by atoms with Crippen molar-refractivity contribution in [3.8, 4) is 16.3 Å². The van der Waals surface area contributed by atoms with Crippen molar-refractivity contribution in [1.29, 1.82) is 0 Å². The lowest BCUT2D eigenvalue weighted by Crippen LogP contribution is -2.32. The van der Waals surface area contributed by atoms with Crippen molar-refractivity contribution in [2.24, 2.45) is 7.05 Å². The van der Waals surface area contributed by atoms with Gasteiger partial charge in [-0.25, -0.2) is 4.98 Å². The number of ether oxygens (including phenoxy) is 1. The molecule has 1 amide bonds. The van der Waals surface area contributed by atoms with Gasteiger partial charge in [-0.1, -0.05) is 18.2 Å². The first-order chi connectivity index (χ1) is 13.7. The number of hydrogen-bond acceptors (Lipinski definition) is 5. The molecule has 140 valence electrons. The van der Waals surface area contributed by atoms with Crippen molar-refractivity contribution >= 4 is 27.5 Å². The molecule has 1 aliphatic rings. The van der Waals surface area contributed by atoms with E-state index in [0.29, 0.717) is 12.2 Å². The third-order valence-corrected chi connectivity index (χ3v) is 5.93. The Labute approximate surface area is 165 Å². The molecule has 1 N–H and O–H groups in total. The molecule has 0 radical (unpaired) electrons. The summed E-state index contributed by atoms with van der Waals surface area (Å²) in [6.45, 7) is 0.601. The molecule has 2 aromatic heterocycles. The SMILES string of the molecule is Cn1cc(-c2nc3ccc(C(=O)N[C@H]4CCOc5ccccc54)cc3s2)cn1. The van der Waals surface area contributed by atoms with Crippen molar-refractivity contribution in [2.75, 3.05) is 6.61 Å². The zero-order valence-corrected chi connectivity index (χ0v) is 16.1. The zero-order chi connectivity index (χ0) is 19.1. The van der Waals surface area contributed by atoms with Crippen LogP contribution in [0.3, 0.4) is 0 Å². The van der Waals surface area contributed by atoms with E-state index in [1.165, 1.54) is 0 Å². The summed E-state index contributed by atoms with van der Waals surface area (Å²) >= 11 is 1.57. The van der Waals surface area contributed by atoms with E-state index in [2.05, 4.69) is 15.4 Å². The Hall–Kier alpha value is -3.19. The Morgan fingerprint density at radius 3 is 3.04 bits per heavy atom. The molecule has 1 atom stereocenters. The summed E-state index contributed by atoms with van der Waals surface area (Å²) in [5.41, 5.74) is 3.53. The van der Waals surface area contributed by atoms with Gasteiger partial charge in [0.25, 0.3) is 5.91 Å². The fourth-order valence-corrected chi connectivity index (χ4v) is 4.43. The summed E-state index contributed by atoms with van der Waals surface area (Å²) in [5, 5.41) is 8.25. The highest BCUT2D eigenvalue weighted by Gasteiger charge is 2.23. The Morgan fingerprint density at radius 1 is 1.29 bits per heavy atom. The van der Waals surface area contributed by atoms with Gasteiger partial charge in [0.15, 0.2) is 0 Å². The lowest BCUT2D eigenvalue weighted by molar-refractivity contribution is 0.0925. The number of hydrogen-bond donors (Lipinski definition) is 1.